The lowest BCUT2D eigenvalue weighted by Gasteiger charge is -2.22. The molecule has 1 atom stereocenters. The van der Waals surface area contributed by atoms with Crippen LogP contribution in [0.2, 0.25) is 0 Å². The largest absolute Gasteiger partial charge is 0.505 e. The molecule has 2 aromatic heterocycles. The number of nitrogens with one attached hydrogen (secondary N) is 1. The summed E-state index contributed by atoms with van der Waals surface area (Å²) in [5.74, 6) is 0.686. The lowest BCUT2D eigenvalue weighted by molar-refractivity contribution is -0.384. The quantitative estimate of drug-likeness (QED) is 0.379. The fourth-order valence-electron chi connectivity index (χ4n) is 3.24. The summed E-state index contributed by atoms with van der Waals surface area (Å²) < 4.78 is 0. The van der Waals surface area contributed by atoms with E-state index >= 15 is 0 Å². The Balaban J connectivity index is 1.84. The van der Waals surface area contributed by atoms with Gasteiger partial charge in [-0.15, -0.1) is 0 Å². The van der Waals surface area contributed by atoms with Crippen LogP contribution in [0.15, 0.2) is 72.9 Å². The Morgan fingerprint density at radius 1 is 1.03 bits per heavy atom. The number of nitro benzene ring substituents is 1. The first-order valence-electron chi connectivity index (χ1n) is 9.04. The second-order valence-electron chi connectivity index (χ2n) is 6.67. The Labute approximate surface area is 166 Å². The molecule has 0 saturated heterocycles. The van der Waals surface area contributed by atoms with E-state index in [-0.39, 0.29) is 11.4 Å². The molecule has 2 heterocycles. The van der Waals surface area contributed by atoms with Gasteiger partial charge in [0.05, 0.1) is 11.0 Å². The van der Waals surface area contributed by atoms with Gasteiger partial charge in [-0.2, -0.15) is 0 Å². The van der Waals surface area contributed by atoms with Gasteiger partial charge in [0.2, 0.25) is 0 Å². The first-order chi connectivity index (χ1) is 14.0. The molecular formula is C22H18N4O3. The van der Waals surface area contributed by atoms with E-state index < -0.39 is 11.0 Å². The summed E-state index contributed by atoms with van der Waals surface area (Å²) in [4.78, 5) is 19.3. The van der Waals surface area contributed by atoms with Gasteiger partial charge in [0.1, 0.15) is 17.1 Å². The first-order valence-corrected chi connectivity index (χ1v) is 9.04. The molecule has 29 heavy (non-hydrogen) atoms. The van der Waals surface area contributed by atoms with Crippen LogP contribution < -0.4 is 5.32 Å². The summed E-state index contributed by atoms with van der Waals surface area (Å²) in [7, 11) is 0. The number of nitro groups is 1. The van der Waals surface area contributed by atoms with Crippen molar-refractivity contribution in [3.8, 4) is 5.75 Å². The Bertz CT molecular complexity index is 1180. The van der Waals surface area contributed by atoms with Crippen LogP contribution in [0.5, 0.6) is 5.75 Å². The van der Waals surface area contributed by atoms with E-state index in [2.05, 4.69) is 15.3 Å². The minimum atomic E-state index is -0.475. The molecule has 0 bridgehead atoms. The van der Waals surface area contributed by atoms with Crippen LogP contribution >= 0.6 is 0 Å². The fraction of sp³-hybridized carbons (Fsp3) is 0.0909. The van der Waals surface area contributed by atoms with Gasteiger partial charge in [-0.25, -0.2) is 9.97 Å². The number of benzene rings is 2. The van der Waals surface area contributed by atoms with Crippen LogP contribution in [0.1, 0.15) is 22.9 Å². The van der Waals surface area contributed by atoms with Crippen LogP contribution in [0.4, 0.5) is 11.5 Å². The van der Waals surface area contributed by atoms with Crippen molar-refractivity contribution >= 4 is 22.4 Å². The number of aromatic hydroxyl groups is 1. The molecule has 0 fully saturated rings. The second kappa shape index (κ2) is 7.55. The maximum absolute atomic E-state index is 11.0. The molecule has 2 N–H and O–H groups in total. The number of nitrogens with zero attached hydrogens (tertiary/aromatic N) is 3. The third-order valence-corrected chi connectivity index (χ3v) is 4.71. The Hall–Kier alpha value is -4.00. The van der Waals surface area contributed by atoms with Gasteiger partial charge in [-0.1, -0.05) is 24.3 Å². The molecule has 7 heteroatoms. The number of phenols is 1. The van der Waals surface area contributed by atoms with Gasteiger partial charge >= 0.3 is 0 Å². The van der Waals surface area contributed by atoms with Gasteiger partial charge in [-0.3, -0.25) is 10.1 Å². The zero-order valence-corrected chi connectivity index (χ0v) is 15.6. The van der Waals surface area contributed by atoms with Crippen LogP contribution in [0.25, 0.3) is 10.9 Å². The summed E-state index contributed by atoms with van der Waals surface area (Å²) in [5, 5.41) is 26.1. The maximum atomic E-state index is 11.0. The van der Waals surface area contributed by atoms with Gasteiger partial charge in [0.25, 0.3) is 5.69 Å². The Kier molecular flexibility index (Phi) is 4.78. The van der Waals surface area contributed by atoms with E-state index in [1.807, 2.05) is 49.4 Å². The summed E-state index contributed by atoms with van der Waals surface area (Å²) in [6, 6.07) is 18.8. The summed E-state index contributed by atoms with van der Waals surface area (Å²) in [6.45, 7) is 1.87. The molecule has 0 spiro atoms. The molecule has 2 aromatic carbocycles. The Morgan fingerprint density at radius 2 is 1.79 bits per heavy atom. The number of aromatic nitrogens is 2. The van der Waals surface area contributed by atoms with Crippen molar-refractivity contribution in [3.63, 3.8) is 0 Å². The van der Waals surface area contributed by atoms with E-state index in [4.69, 9.17) is 0 Å². The standard InChI is InChI=1S/C22H18N4O3/c1-14-5-6-16-9-12-18(22(27)21(16)24-14)20(25-19-4-2-3-13-23-19)15-7-10-17(11-8-15)26(28)29/h2-13,20,27H,1H3,(H,23,25)/t20-/m1/s1. The predicted octanol–water partition coefficient (Wildman–Crippen LogP) is 4.75. The van der Waals surface area contributed by atoms with Crippen LogP contribution in [0.3, 0.4) is 0 Å². The van der Waals surface area contributed by atoms with E-state index in [1.165, 1.54) is 12.1 Å². The van der Waals surface area contributed by atoms with Crippen molar-refractivity contribution in [3.05, 3.63) is 99.9 Å². The van der Waals surface area contributed by atoms with Gasteiger partial charge in [0, 0.05) is 35.0 Å². The second-order valence-corrected chi connectivity index (χ2v) is 6.67. The van der Waals surface area contributed by atoms with Crippen LogP contribution in [-0.4, -0.2) is 20.0 Å². The molecule has 0 aliphatic carbocycles. The SMILES string of the molecule is Cc1ccc2ccc([C@H](Nc3ccccn3)c3ccc([N+](=O)[O-])cc3)c(O)c2n1. The van der Waals surface area contributed by atoms with Gasteiger partial charge in [0.15, 0.2) is 0 Å². The number of aryl methyl sites for hydroxylation is 1. The zero-order valence-electron chi connectivity index (χ0n) is 15.6. The minimum Gasteiger partial charge on any atom is -0.505 e. The lowest BCUT2D eigenvalue weighted by atomic mass is 9.96. The van der Waals surface area contributed by atoms with Gasteiger partial charge in [-0.05, 0) is 42.8 Å². The minimum absolute atomic E-state index is 0.00496. The van der Waals surface area contributed by atoms with Crippen LogP contribution in [-0.2, 0) is 0 Å². The molecule has 4 aromatic rings. The number of hydrogen-bond donors (Lipinski definition) is 2. The van der Waals surface area contributed by atoms with Crippen molar-refractivity contribution < 1.29 is 10.0 Å². The van der Waals surface area contributed by atoms with Crippen LogP contribution in [0, 0.1) is 17.0 Å². The zero-order chi connectivity index (χ0) is 20.4. The Morgan fingerprint density at radius 3 is 2.48 bits per heavy atom. The number of hydrogen-bond acceptors (Lipinski definition) is 6. The first kappa shape index (κ1) is 18.4. The normalized spacial score (nSPS) is 11.9. The molecule has 0 radical (unpaired) electrons. The van der Waals surface area contributed by atoms with Crippen molar-refractivity contribution in [1.29, 1.82) is 0 Å². The van der Waals surface area contributed by atoms with E-state index in [0.29, 0.717) is 16.9 Å². The lowest BCUT2D eigenvalue weighted by Crippen LogP contribution is -2.13. The molecule has 0 aliphatic rings. The molecule has 4 rings (SSSR count). The summed E-state index contributed by atoms with van der Waals surface area (Å²) in [5.41, 5.74) is 2.68. The molecule has 144 valence electrons. The third-order valence-electron chi connectivity index (χ3n) is 4.71. The van der Waals surface area contributed by atoms with E-state index in [9.17, 15) is 15.2 Å². The topological polar surface area (TPSA) is 101 Å². The summed E-state index contributed by atoms with van der Waals surface area (Å²) >= 11 is 0. The molecular weight excluding hydrogens is 368 g/mol. The fourth-order valence-corrected chi connectivity index (χ4v) is 3.24. The van der Waals surface area contributed by atoms with Crippen molar-refractivity contribution in [2.24, 2.45) is 0 Å². The molecule has 0 aliphatic heterocycles. The number of fused-ring (bicyclic) bond motifs is 1. The predicted molar refractivity (Wildman–Crippen MR) is 111 cm³/mol. The van der Waals surface area contributed by atoms with E-state index in [1.54, 1.807) is 18.3 Å². The molecule has 7 nitrogen and oxygen atoms in total. The molecule has 0 amide bonds. The van der Waals surface area contributed by atoms with E-state index in [0.717, 1.165) is 16.6 Å². The highest BCUT2D eigenvalue weighted by Crippen LogP contribution is 2.36. The maximum Gasteiger partial charge on any atom is 0.269 e. The van der Waals surface area contributed by atoms with Crippen molar-refractivity contribution in [2.45, 2.75) is 13.0 Å². The van der Waals surface area contributed by atoms with Gasteiger partial charge < -0.3 is 10.4 Å². The third kappa shape index (κ3) is 3.70. The smallest absolute Gasteiger partial charge is 0.269 e. The number of anilines is 1. The highest BCUT2D eigenvalue weighted by molar-refractivity contribution is 5.86. The number of rotatable bonds is 5. The highest BCUT2D eigenvalue weighted by atomic mass is 16.6. The number of phenolic OH excluding ortho intramolecular Hbond substituents is 1. The highest BCUT2D eigenvalue weighted by Gasteiger charge is 2.21. The van der Waals surface area contributed by atoms with Crippen molar-refractivity contribution in [1.82, 2.24) is 9.97 Å². The average molecular weight is 386 g/mol. The number of pyridine rings is 2. The van der Waals surface area contributed by atoms with Crippen molar-refractivity contribution in [2.75, 3.05) is 5.32 Å². The molecule has 0 saturated carbocycles. The monoisotopic (exact) mass is 386 g/mol. The number of non-ortho nitro benzene ring substituents is 1. The molecule has 0 unspecified atom stereocenters. The summed E-state index contributed by atoms with van der Waals surface area (Å²) in [6.07, 6.45) is 1.67. The average Bonchev–Trinajstić information content (AvgIpc) is 2.74.